The monoisotopic (exact) mass is 384 g/mol. The van der Waals surface area contributed by atoms with E-state index in [1.54, 1.807) is 13.4 Å². The number of para-hydroxylation sites is 1. The number of ether oxygens (including phenoxy) is 1. The van der Waals surface area contributed by atoms with E-state index in [0.717, 1.165) is 33.4 Å². The van der Waals surface area contributed by atoms with Crippen LogP contribution in [0.1, 0.15) is 5.82 Å². The molecule has 0 atom stereocenters. The number of pyridine rings is 2. The predicted octanol–water partition coefficient (Wildman–Crippen LogP) is 3.44. The summed E-state index contributed by atoms with van der Waals surface area (Å²) in [6.07, 6.45) is 3.46. The summed E-state index contributed by atoms with van der Waals surface area (Å²) in [6.45, 7) is 1.86. The van der Waals surface area contributed by atoms with Crippen LogP contribution >= 0.6 is 0 Å². The SMILES string of the molecule is COc1ccc(Nc2nc3ccccc3cc2-c2nc(C)nc3nc[nH]c23)c[nH+]1. The standard InChI is InChI=1S/C21H17N7O/c1-12-25-18(19-21(26-12)24-11-23-19)15-9-13-5-3-4-6-16(13)28-20(15)27-14-7-8-17(29-2)22-10-14/h3-11H,1-2H3,(H,27,28)(H,23,24,25,26)/p+1. The van der Waals surface area contributed by atoms with Gasteiger partial charge in [-0.3, -0.25) is 0 Å². The average molecular weight is 384 g/mol. The molecule has 3 N–H and O–H groups in total. The molecule has 0 aliphatic rings. The zero-order chi connectivity index (χ0) is 19.8. The van der Waals surface area contributed by atoms with Crippen LogP contribution in [0.3, 0.4) is 0 Å². The van der Waals surface area contributed by atoms with Gasteiger partial charge in [-0.15, -0.1) is 0 Å². The quantitative estimate of drug-likeness (QED) is 0.492. The number of anilines is 2. The zero-order valence-corrected chi connectivity index (χ0v) is 15.9. The third-order valence-electron chi connectivity index (χ3n) is 4.64. The fourth-order valence-corrected chi connectivity index (χ4v) is 3.28. The molecule has 8 nitrogen and oxygen atoms in total. The van der Waals surface area contributed by atoms with Gasteiger partial charge in [0.05, 0.1) is 25.0 Å². The Morgan fingerprint density at radius 3 is 2.79 bits per heavy atom. The summed E-state index contributed by atoms with van der Waals surface area (Å²) in [6, 6.07) is 13.9. The second kappa shape index (κ2) is 6.83. The molecule has 0 bridgehead atoms. The van der Waals surface area contributed by atoms with Crippen LogP contribution in [-0.2, 0) is 0 Å². The van der Waals surface area contributed by atoms with Gasteiger partial charge < -0.3 is 15.0 Å². The van der Waals surface area contributed by atoms with Crippen LogP contribution in [-0.4, -0.2) is 32.0 Å². The van der Waals surface area contributed by atoms with Gasteiger partial charge in [-0.1, -0.05) is 18.2 Å². The van der Waals surface area contributed by atoms with E-state index in [1.807, 2.05) is 49.5 Å². The van der Waals surface area contributed by atoms with E-state index >= 15 is 0 Å². The highest BCUT2D eigenvalue weighted by Gasteiger charge is 2.17. The van der Waals surface area contributed by atoms with Crippen molar-refractivity contribution in [1.82, 2.24) is 24.9 Å². The van der Waals surface area contributed by atoms with Crippen LogP contribution in [0.25, 0.3) is 33.3 Å². The number of hydrogen-bond donors (Lipinski definition) is 2. The minimum Gasteiger partial charge on any atom is -0.448 e. The molecule has 4 heterocycles. The smallest absolute Gasteiger partial charge is 0.365 e. The molecule has 0 amide bonds. The molecular formula is C21H18N7O+. The van der Waals surface area contributed by atoms with Crippen molar-refractivity contribution in [2.45, 2.75) is 6.92 Å². The van der Waals surface area contributed by atoms with Crippen molar-refractivity contribution in [3.63, 3.8) is 0 Å². The van der Waals surface area contributed by atoms with Crippen molar-refractivity contribution >= 4 is 33.6 Å². The van der Waals surface area contributed by atoms with Crippen LogP contribution < -0.4 is 15.0 Å². The molecule has 0 fully saturated rings. The second-order valence-electron chi connectivity index (χ2n) is 6.57. The Bertz CT molecular complexity index is 1330. The van der Waals surface area contributed by atoms with Crippen molar-refractivity contribution in [1.29, 1.82) is 0 Å². The van der Waals surface area contributed by atoms with E-state index in [-0.39, 0.29) is 0 Å². The molecule has 29 heavy (non-hydrogen) atoms. The van der Waals surface area contributed by atoms with Crippen LogP contribution in [0.2, 0.25) is 0 Å². The summed E-state index contributed by atoms with van der Waals surface area (Å²) in [5.41, 5.74) is 4.76. The summed E-state index contributed by atoms with van der Waals surface area (Å²) in [7, 11) is 1.62. The number of aryl methyl sites for hydroxylation is 1. The molecule has 4 aromatic heterocycles. The molecule has 142 valence electrons. The predicted molar refractivity (Wildman–Crippen MR) is 110 cm³/mol. The van der Waals surface area contributed by atoms with Crippen LogP contribution in [0.4, 0.5) is 11.5 Å². The van der Waals surface area contributed by atoms with Gasteiger partial charge in [0.25, 0.3) is 0 Å². The molecule has 0 saturated heterocycles. The summed E-state index contributed by atoms with van der Waals surface area (Å²) < 4.78 is 5.20. The number of benzene rings is 1. The number of nitrogens with one attached hydrogen (secondary N) is 3. The number of aromatic nitrogens is 6. The topological polar surface area (TPSA) is 103 Å². The van der Waals surface area contributed by atoms with E-state index < -0.39 is 0 Å². The Hall–Kier alpha value is -4.07. The molecule has 5 aromatic rings. The number of fused-ring (bicyclic) bond motifs is 2. The molecular weight excluding hydrogens is 366 g/mol. The minimum atomic E-state index is 0.629. The lowest BCUT2D eigenvalue weighted by Gasteiger charge is -2.12. The van der Waals surface area contributed by atoms with Gasteiger partial charge in [-0.05, 0) is 25.1 Å². The van der Waals surface area contributed by atoms with Gasteiger partial charge in [0, 0.05) is 10.9 Å². The zero-order valence-electron chi connectivity index (χ0n) is 15.9. The first-order valence-corrected chi connectivity index (χ1v) is 9.12. The van der Waals surface area contributed by atoms with Crippen LogP contribution in [0.5, 0.6) is 5.88 Å². The average Bonchev–Trinajstić information content (AvgIpc) is 3.21. The largest absolute Gasteiger partial charge is 0.448 e. The van der Waals surface area contributed by atoms with Gasteiger partial charge in [0.2, 0.25) is 0 Å². The van der Waals surface area contributed by atoms with Crippen molar-refractivity contribution in [3.05, 3.63) is 60.8 Å². The van der Waals surface area contributed by atoms with Gasteiger partial charge in [0.15, 0.2) is 11.8 Å². The van der Waals surface area contributed by atoms with Crippen molar-refractivity contribution < 1.29 is 9.72 Å². The fraction of sp³-hybridized carbons (Fsp3) is 0.0952. The van der Waals surface area contributed by atoms with E-state index in [4.69, 9.17) is 14.7 Å². The molecule has 0 saturated carbocycles. The molecule has 0 unspecified atom stereocenters. The highest BCUT2D eigenvalue weighted by Crippen LogP contribution is 2.33. The summed E-state index contributed by atoms with van der Waals surface area (Å²) in [4.78, 5) is 24.5. The molecule has 0 radical (unpaired) electrons. The summed E-state index contributed by atoms with van der Waals surface area (Å²) in [5, 5.41) is 4.42. The van der Waals surface area contributed by atoms with Gasteiger partial charge in [-0.25, -0.2) is 19.9 Å². The Balaban J connectivity index is 1.72. The fourth-order valence-electron chi connectivity index (χ4n) is 3.28. The first-order valence-electron chi connectivity index (χ1n) is 9.12. The van der Waals surface area contributed by atoms with Gasteiger partial charge in [-0.2, -0.15) is 4.98 Å². The number of aromatic amines is 2. The maximum Gasteiger partial charge on any atom is 0.365 e. The minimum absolute atomic E-state index is 0.629. The highest BCUT2D eigenvalue weighted by molar-refractivity contribution is 5.96. The third-order valence-corrected chi connectivity index (χ3v) is 4.64. The summed E-state index contributed by atoms with van der Waals surface area (Å²) >= 11 is 0. The lowest BCUT2D eigenvalue weighted by atomic mass is 10.1. The van der Waals surface area contributed by atoms with Crippen molar-refractivity contribution in [2.24, 2.45) is 0 Å². The Kier molecular flexibility index (Phi) is 4.02. The lowest BCUT2D eigenvalue weighted by Crippen LogP contribution is -2.08. The number of nitrogens with zero attached hydrogens (tertiary/aromatic N) is 4. The number of imidazole rings is 1. The van der Waals surface area contributed by atoms with E-state index in [1.165, 1.54) is 0 Å². The highest BCUT2D eigenvalue weighted by atomic mass is 16.5. The van der Waals surface area contributed by atoms with E-state index in [9.17, 15) is 0 Å². The molecule has 1 aromatic carbocycles. The molecule has 0 aliphatic heterocycles. The lowest BCUT2D eigenvalue weighted by molar-refractivity contribution is -0.392. The second-order valence-corrected chi connectivity index (χ2v) is 6.57. The summed E-state index contributed by atoms with van der Waals surface area (Å²) in [5.74, 6) is 2.01. The maximum absolute atomic E-state index is 5.20. The number of hydrogen-bond acceptors (Lipinski definition) is 6. The van der Waals surface area contributed by atoms with Crippen LogP contribution in [0, 0.1) is 6.92 Å². The van der Waals surface area contributed by atoms with Gasteiger partial charge in [0.1, 0.15) is 28.5 Å². The van der Waals surface area contributed by atoms with Crippen molar-refractivity contribution in [3.8, 4) is 17.1 Å². The first-order chi connectivity index (χ1) is 14.2. The normalized spacial score (nSPS) is 11.1. The van der Waals surface area contributed by atoms with Crippen LogP contribution in [0.15, 0.2) is 55.0 Å². The molecule has 0 aliphatic carbocycles. The van der Waals surface area contributed by atoms with Crippen molar-refractivity contribution in [2.75, 3.05) is 12.4 Å². The molecule has 5 rings (SSSR count). The van der Waals surface area contributed by atoms with Gasteiger partial charge >= 0.3 is 5.88 Å². The third kappa shape index (κ3) is 3.10. The first kappa shape index (κ1) is 17.1. The Labute approximate surface area is 166 Å². The number of rotatable bonds is 4. The number of H-pyrrole nitrogens is 2. The number of methoxy groups -OCH3 is 1. The Morgan fingerprint density at radius 2 is 1.97 bits per heavy atom. The molecule has 0 spiro atoms. The molecule has 8 heteroatoms. The van der Waals surface area contributed by atoms with E-state index in [2.05, 4.69) is 31.3 Å². The maximum atomic E-state index is 5.20. The van der Waals surface area contributed by atoms with E-state index in [0.29, 0.717) is 23.2 Å². The Morgan fingerprint density at radius 1 is 1.07 bits per heavy atom.